The van der Waals surface area contributed by atoms with Crippen LogP contribution in [0, 0.1) is 6.92 Å². The highest BCUT2D eigenvalue weighted by atomic mass is 16.5. The third-order valence-electron chi connectivity index (χ3n) is 3.23. The molecule has 0 bridgehead atoms. The summed E-state index contributed by atoms with van der Waals surface area (Å²) in [7, 11) is 1.34. The topological polar surface area (TPSA) is 51.5 Å². The number of rotatable bonds is 5. The summed E-state index contributed by atoms with van der Waals surface area (Å²) < 4.78 is 10.0. The number of para-hydroxylation sites is 1. The van der Waals surface area contributed by atoms with Crippen LogP contribution < -0.4 is 5.32 Å². The van der Waals surface area contributed by atoms with E-state index in [4.69, 9.17) is 4.42 Å². The number of ether oxygens (including phenoxy) is 1. The minimum Gasteiger partial charge on any atom is -0.463 e. The van der Waals surface area contributed by atoms with Gasteiger partial charge in [-0.25, -0.2) is 4.79 Å². The lowest BCUT2D eigenvalue weighted by Crippen LogP contribution is -2.03. The third kappa shape index (κ3) is 3.02. The van der Waals surface area contributed by atoms with Crippen molar-refractivity contribution < 1.29 is 13.9 Å². The van der Waals surface area contributed by atoms with E-state index in [2.05, 4.69) is 42.1 Å². The Bertz CT molecular complexity index is 602. The van der Waals surface area contributed by atoms with Crippen LogP contribution in [0.1, 0.15) is 34.4 Å². The van der Waals surface area contributed by atoms with Crippen LogP contribution in [0.3, 0.4) is 0 Å². The number of esters is 1. The second-order valence-electron chi connectivity index (χ2n) is 4.57. The molecule has 1 N–H and O–H groups in total. The van der Waals surface area contributed by atoms with Crippen molar-refractivity contribution in [2.75, 3.05) is 12.4 Å². The second kappa shape index (κ2) is 6.28. The Hall–Kier alpha value is -2.23. The smallest absolute Gasteiger partial charge is 0.373 e. The van der Waals surface area contributed by atoms with Crippen molar-refractivity contribution >= 4 is 11.7 Å². The number of aryl methyl sites for hydroxylation is 2. The Morgan fingerprint density at radius 1 is 1.30 bits per heavy atom. The number of anilines is 1. The fourth-order valence-corrected chi connectivity index (χ4v) is 2.13. The number of methoxy groups -OCH3 is 1. The number of furan rings is 1. The van der Waals surface area contributed by atoms with Gasteiger partial charge >= 0.3 is 5.97 Å². The first-order chi connectivity index (χ1) is 9.65. The van der Waals surface area contributed by atoms with Crippen LogP contribution in [0.4, 0.5) is 5.69 Å². The van der Waals surface area contributed by atoms with Gasteiger partial charge in [0.15, 0.2) is 0 Å². The van der Waals surface area contributed by atoms with E-state index in [0.29, 0.717) is 12.3 Å². The van der Waals surface area contributed by atoms with Crippen LogP contribution in [0.5, 0.6) is 0 Å². The van der Waals surface area contributed by atoms with E-state index >= 15 is 0 Å². The minimum atomic E-state index is -0.457. The number of carbonyl (C=O) groups is 1. The van der Waals surface area contributed by atoms with Crippen molar-refractivity contribution in [3.63, 3.8) is 0 Å². The van der Waals surface area contributed by atoms with Crippen LogP contribution in [-0.2, 0) is 17.7 Å². The highest BCUT2D eigenvalue weighted by Gasteiger charge is 2.11. The predicted octanol–water partition coefficient (Wildman–Crippen LogP) is 3.55. The van der Waals surface area contributed by atoms with Crippen molar-refractivity contribution in [2.45, 2.75) is 26.8 Å². The lowest BCUT2D eigenvalue weighted by Gasteiger charge is -2.12. The molecule has 0 fully saturated rings. The Morgan fingerprint density at radius 2 is 2.10 bits per heavy atom. The maximum atomic E-state index is 11.3. The van der Waals surface area contributed by atoms with E-state index in [1.807, 2.05) is 0 Å². The van der Waals surface area contributed by atoms with Crippen LogP contribution in [0.25, 0.3) is 0 Å². The van der Waals surface area contributed by atoms with Gasteiger partial charge in [-0.15, -0.1) is 0 Å². The van der Waals surface area contributed by atoms with Gasteiger partial charge in [-0.1, -0.05) is 25.1 Å². The standard InChI is InChI=1S/C16H19NO3/c1-4-12-7-5-6-11(2)15(12)17-10-13-8-9-14(20-13)16(18)19-3/h5-9,17H,4,10H2,1-3H3. The molecule has 1 heterocycles. The van der Waals surface area contributed by atoms with Crippen molar-refractivity contribution in [2.24, 2.45) is 0 Å². The van der Waals surface area contributed by atoms with E-state index in [0.717, 1.165) is 12.1 Å². The average molecular weight is 273 g/mol. The highest BCUT2D eigenvalue weighted by molar-refractivity contribution is 5.86. The first kappa shape index (κ1) is 14.2. The van der Waals surface area contributed by atoms with Crippen molar-refractivity contribution in [1.29, 1.82) is 0 Å². The summed E-state index contributed by atoms with van der Waals surface area (Å²) in [6, 6.07) is 9.65. The molecule has 2 rings (SSSR count). The first-order valence-electron chi connectivity index (χ1n) is 6.65. The maximum Gasteiger partial charge on any atom is 0.373 e. The number of benzene rings is 1. The van der Waals surface area contributed by atoms with Gasteiger partial charge in [0.25, 0.3) is 0 Å². The van der Waals surface area contributed by atoms with Crippen molar-refractivity contribution in [1.82, 2.24) is 0 Å². The molecule has 0 aliphatic heterocycles. The maximum absolute atomic E-state index is 11.3. The fourth-order valence-electron chi connectivity index (χ4n) is 2.13. The number of hydrogen-bond acceptors (Lipinski definition) is 4. The number of hydrogen-bond donors (Lipinski definition) is 1. The van der Waals surface area contributed by atoms with Gasteiger partial charge in [0.05, 0.1) is 13.7 Å². The van der Waals surface area contributed by atoms with Crippen LogP contribution in [0.15, 0.2) is 34.7 Å². The molecule has 20 heavy (non-hydrogen) atoms. The molecule has 2 aromatic rings. The zero-order valence-electron chi connectivity index (χ0n) is 12.0. The zero-order chi connectivity index (χ0) is 14.5. The lowest BCUT2D eigenvalue weighted by molar-refractivity contribution is 0.0563. The molecule has 0 spiro atoms. The average Bonchev–Trinajstić information content (AvgIpc) is 2.93. The Labute approximate surface area is 118 Å². The van der Waals surface area contributed by atoms with Crippen molar-refractivity contribution in [3.8, 4) is 0 Å². The summed E-state index contributed by atoms with van der Waals surface area (Å²) in [5, 5.41) is 3.37. The molecule has 0 unspecified atom stereocenters. The third-order valence-corrected chi connectivity index (χ3v) is 3.23. The van der Waals surface area contributed by atoms with Gasteiger partial charge in [-0.2, -0.15) is 0 Å². The Morgan fingerprint density at radius 3 is 2.80 bits per heavy atom. The molecule has 0 saturated heterocycles. The summed E-state index contributed by atoms with van der Waals surface area (Å²) in [5.74, 6) is 0.474. The number of carbonyl (C=O) groups excluding carboxylic acids is 1. The molecule has 0 aliphatic carbocycles. The second-order valence-corrected chi connectivity index (χ2v) is 4.57. The van der Waals surface area contributed by atoms with Gasteiger partial charge in [0.1, 0.15) is 5.76 Å². The molecule has 0 radical (unpaired) electrons. The Balaban J connectivity index is 2.09. The minimum absolute atomic E-state index is 0.227. The van der Waals surface area contributed by atoms with E-state index in [9.17, 15) is 4.79 Å². The molecule has 1 aromatic carbocycles. The van der Waals surface area contributed by atoms with Gasteiger partial charge in [-0.05, 0) is 36.6 Å². The summed E-state index contributed by atoms with van der Waals surface area (Å²) in [6.07, 6.45) is 0.968. The zero-order valence-corrected chi connectivity index (χ0v) is 12.0. The molecule has 4 nitrogen and oxygen atoms in total. The van der Waals surface area contributed by atoms with Gasteiger partial charge in [0.2, 0.25) is 5.76 Å². The largest absolute Gasteiger partial charge is 0.463 e. The Kier molecular flexibility index (Phi) is 4.45. The van der Waals surface area contributed by atoms with Crippen LogP contribution >= 0.6 is 0 Å². The van der Waals surface area contributed by atoms with Crippen molar-refractivity contribution in [3.05, 3.63) is 53.0 Å². The highest BCUT2D eigenvalue weighted by Crippen LogP contribution is 2.22. The molecule has 0 aliphatic rings. The molecule has 106 valence electrons. The SMILES string of the molecule is CCc1cccc(C)c1NCc1ccc(C(=O)OC)o1. The monoisotopic (exact) mass is 273 g/mol. The summed E-state index contributed by atoms with van der Waals surface area (Å²) in [4.78, 5) is 11.3. The predicted molar refractivity (Wildman–Crippen MR) is 77.9 cm³/mol. The molecular weight excluding hydrogens is 254 g/mol. The normalized spacial score (nSPS) is 10.3. The molecule has 0 saturated carbocycles. The molecule has 4 heteroatoms. The van der Waals surface area contributed by atoms with E-state index in [1.54, 1.807) is 12.1 Å². The summed E-state index contributed by atoms with van der Waals surface area (Å²) in [6.45, 7) is 4.74. The van der Waals surface area contributed by atoms with E-state index < -0.39 is 5.97 Å². The summed E-state index contributed by atoms with van der Waals surface area (Å²) >= 11 is 0. The van der Waals surface area contributed by atoms with Gasteiger partial charge < -0.3 is 14.5 Å². The van der Waals surface area contributed by atoms with E-state index in [1.165, 1.54) is 18.2 Å². The van der Waals surface area contributed by atoms with Crippen LogP contribution in [0.2, 0.25) is 0 Å². The molecule has 0 atom stereocenters. The fraction of sp³-hybridized carbons (Fsp3) is 0.312. The molecule has 1 aromatic heterocycles. The number of nitrogens with one attached hydrogen (secondary N) is 1. The first-order valence-corrected chi connectivity index (χ1v) is 6.65. The van der Waals surface area contributed by atoms with Gasteiger partial charge in [-0.3, -0.25) is 0 Å². The molecular formula is C16H19NO3. The quantitative estimate of drug-likeness (QED) is 0.846. The van der Waals surface area contributed by atoms with Gasteiger partial charge in [0, 0.05) is 5.69 Å². The molecule has 0 amide bonds. The van der Waals surface area contributed by atoms with Crippen LogP contribution in [-0.4, -0.2) is 13.1 Å². The lowest BCUT2D eigenvalue weighted by atomic mass is 10.1. The van der Waals surface area contributed by atoms with E-state index in [-0.39, 0.29) is 5.76 Å². The summed E-state index contributed by atoms with van der Waals surface area (Å²) in [5.41, 5.74) is 3.60.